The fourth-order valence-corrected chi connectivity index (χ4v) is 4.69. The molecule has 0 radical (unpaired) electrons. The number of carbonyl (C=O) groups is 2. The number of aliphatic carboxylic acids is 2. The molecule has 2 fully saturated rings. The Hall–Kier alpha value is 0.540. The zero-order valence-electron chi connectivity index (χ0n) is 23.7. The molecule has 222 valence electrons. The van der Waals surface area contributed by atoms with Crippen LogP contribution in [-0.2, 0) is 38.0 Å². The van der Waals surface area contributed by atoms with Crippen LogP contribution in [0.5, 0.6) is 0 Å². The third-order valence-electron chi connectivity index (χ3n) is 6.68. The molecule has 14 nitrogen and oxygen atoms in total. The van der Waals surface area contributed by atoms with Gasteiger partial charge in [-0.15, -0.1) is 0 Å². The average Bonchev–Trinajstić information content (AvgIpc) is 2.86. The Morgan fingerprint density at radius 1 is 0.625 bits per heavy atom. The van der Waals surface area contributed by atoms with E-state index in [1.807, 2.05) is 6.92 Å². The van der Waals surface area contributed by atoms with Crippen LogP contribution in [0.4, 0.5) is 0 Å². The molecule has 10 unspecified atom stereocenters. The van der Waals surface area contributed by atoms with Crippen LogP contribution in [0.1, 0.15) is 26.7 Å². The zero-order valence-corrected chi connectivity index (χ0v) is 27.7. The molecule has 0 aromatic carbocycles. The van der Waals surface area contributed by atoms with Gasteiger partial charge in [-0.05, 0) is 13.3 Å². The molecule has 2 aliphatic heterocycles. The van der Waals surface area contributed by atoms with Crippen molar-refractivity contribution < 1.29 is 128 Å². The van der Waals surface area contributed by atoms with Crippen LogP contribution in [0, 0.1) is 11.8 Å². The van der Waals surface area contributed by atoms with E-state index in [9.17, 15) is 40.2 Å². The van der Waals surface area contributed by atoms with Crippen LogP contribution in [0.3, 0.4) is 0 Å². The second-order valence-electron chi connectivity index (χ2n) is 9.48. The molecule has 2 heterocycles. The van der Waals surface area contributed by atoms with Gasteiger partial charge in [0.05, 0.1) is 88.7 Å². The summed E-state index contributed by atoms with van der Waals surface area (Å²) in [6.45, 7) is 1.88. The maximum atomic E-state index is 10.7. The van der Waals surface area contributed by atoms with Gasteiger partial charge in [-0.1, -0.05) is 13.3 Å². The summed E-state index contributed by atoms with van der Waals surface area (Å²) in [5.74, 6) is -4.34. The van der Waals surface area contributed by atoms with E-state index in [2.05, 4.69) is 0 Å². The van der Waals surface area contributed by atoms with Crippen LogP contribution in [0.2, 0.25) is 0 Å². The number of rotatable bonds is 17. The Kier molecular flexibility index (Phi) is 21.6. The fraction of sp³-hybridized carbons (Fsp3) is 0.917. The Balaban J connectivity index is 0.00000760. The van der Waals surface area contributed by atoms with Crippen molar-refractivity contribution in [2.24, 2.45) is 11.8 Å². The summed E-state index contributed by atoms with van der Waals surface area (Å²) >= 11 is 0. The summed E-state index contributed by atoms with van der Waals surface area (Å²) in [5.41, 5.74) is 0. The summed E-state index contributed by atoms with van der Waals surface area (Å²) in [6, 6.07) is 0. The molecular weight excluding hydrogens is 558 g/mol. The van der Waals surface area contributed by atoms with E-state index >= 15 is 0 Å². The van der Waals surface area contributed by atoms with Crippen molar-refractivity contribution in [2.75, 3.05) is 52.9 Å². The van der Waals surface area contributed by atoms with Crippen LogP contribution >= 0.6 is 0 Å². The van der Waals surface area contributed by atoms with Crippen LogP contribution in [-0.4, -0.2) is 134 Å². The second-order valence-corrected chi connectivity index (χ2v) is 9.48. The van der Waals surface area contributed by atoms with E-state index in [4.69, 9.17) is 28.4 Å². The molecule has 0 aliphatic carbocycles. The molecule has 0 bridgehead atoms. The predicted octanol–water partition coefficient (Wildman–Crippen LogP) is -10.4. The number of carbonyl (C=O) groups excluding carboxylic acids is 2. The third kappa shape index (κ3) is 12.6. The van der Waals surface area contributed by atoms with E-state index in [0.29, 0.717) is 19.4 Å². The van der Waals surface area contributed by atoms with Gasteiger partial charge in [0.25, 0.3) is 0 Å². The van der Waals surface area contributed by atoms with Gasteiger partial charge in [0.15, 0.2) is 0 Å². The number of ether oxygens (including phenoxy) is 6. The van der Waals surface area contributed by atoms with Gasteiger partial charge in [-0.3, -0.25) is 0 Å². The summed E-state index contributed by atoms with van der Waals surface area (Å²) in [5, 5.41) is 64.0. The van der Waals surface area contributed by atoms with Gasteiger partial charge in [0.2, 0.25) is 0 Å². The van der Waals surface area contributed by atoms with Gasteiger partial charge in [0.1, 0.15) is 18.3 Å². The Morgan fingerprint density at radius 3 is 1.50 bits per heavy atom. The predicted molar refractivity (Wildman–Crippen MR) is 122 cm³/mol. The Bertz CT molecular complexity index is 719. The quantitative estimate of drug-likeness (QED) is 0.114. The normalized spacial score (nSPS) is 34.0. The van der Waals surface area contributed by atoms with E-state index in [-0.39, 0.29) is 92.1 Å². The first-order chi connectivity index (χ1) is 18.1. The van der Waals surface area contributed by atoms with E-state index < -0.39 is 85.8 Å². The average molecular weight is 599 g/mol. The first-order valence-electron chi connectivity index (χ1n) is 12.8. The van der Waals surface area contributed by atoms with E-state index in [0.717, 1.165) is 0 Å². The first-order valence-corrected chi connectivity index (χ1v) is 12.8. The molecule has 0 amide bonds. The van der Waals surface area contributed by atoms with Gasteiger partial charge < -0.3 is 68.6 Å². The van der Waals surface area contributed by atoms with Crippen molar-refractivity contribution in [1.29, 1.82) is 0 Å². The largest absolute Gasteiger partial charge is 1.00 e. The van der Waals surface area contributed by atoms with E-state index in [1.165, 1.54) is 0 Å². The molecule has 4 N–H and O–H groups in total. The smallest absolute Gasteiger partial charge is 0.548 e. The fourth-order valence-electron chi connectivity index (χ4n) is 4.69. The van der Waals surface area contributed by atoms with Gasteiger partial charge in [0, 0.05) is 18.4 Å². The summed E-state index contributed by atoms with van der Waals surface area (Å²) in [7, 11) is 0. The molecule has 0 aromatic rings. The maximum Gasteiger partial charge on any atom is 1.00 e. The molecular formula is C24H40Na2O14. The zero-order chi connectivity index (χ0) is 28.2. The Morgan fingerprint density at radius 2 is 1.05 bits per heavy atom. The van der Waals surface area contributed by atoms with Crippen molar-refractivity contribution in [3.8, 4) is 0 Å². The maximum absolute atomic E-state index is 10.7. The SMILES string of the molecule is CCCC1OC(COCC(=O)[O-])C(COCC2OC(COCC(=O)[O-])C(COCC)C(O)C2O)C(O)C1O.[Na+].[Na+]. The molecule has 0 spiro atoms. The number of hydrogen-bond acceptors (Lipinski definition) is 14. The number of aliphatic hydroxyl groups is 4. The van der Waals surface area contributed by atoms with Crippen molar-refractivity contribution in [3.05, 3.63) is 0 Å². The van der Waals surface area contributed by atoms with Gasteiger partial charge in [-0.2, -0.15) is 0 Å². The molecule has 0 saturated carbocycles. The minimum absolute atomic E-state index is 0. The monoisotopic (exact) mass is 598 g/mol. The van der Waals surface area contributed by atoms with Crippen LogP contribution in [0.15, 0.2) is 0 Å². The van der Waals surface area contributed by atoms with Crippen molar-refractivity contribution >= 4 is 11.9 Å². The van der Waals surface area contributed by atoms with Gasteiger partial charge in [-0.25, -0.2) is 0 Å². The minimum atomic E-state index is -1.42. The van der Waals surface area contributed by atoms with Crippen LogP contribution in [0.25, 0.3) is 0 Å². The minimum Gasteiger partial charge on any atom is -0.548 e. The summed E-state index contributed by atoms with van der Waals surface area (Å²) in [4.78, 5) is 21.4. The molecule has 0 aromatic heterocycles. The number of carboxylic acid groups (broad SMARTS) is 2. The standard InChI is InChI=1S/C24H42O14.2Na/c1-3-5-15-23(31)21(29)14(16(37-15)8-35-11-19(25)26)7-34-10-18-24(32)22(30)13(6-33-4-2)17(38-18)9-36-12-20(27)28;;/h13-18,21-24,29-32H,3-12H2,1-2H3,(H,25,26)(H,27,28);;/q;2*+1/p-2. The number of carboxylic acids is 2. The molecule has 2 saturated heterocycles. The Labute approximate surface area is 278 Å². The molecule has 2 aliphatic rings. The molecule has 16 heteroatoms. The van der Waals surface area contributed by atoms with Crippen molar-refractivity contribution in [1.82, 2.24) is 0 Å². The molecule has 2 rings (SSSR count). The summed E-state index contributed by atoms with van der Waals surface area (Å²) in [6.07, 6.45) is -7.31. The van der Waals surface area contributed by atoms with Crippen molar-refractivity contribution in [2.45, 2.75) is 75.5 Å². The number of aliphatic hydroxyl groups excluding tert-OH is 4. The van der Waals surface area contributed by atoms with Gasteiger partial charge >= 0.3 is 59.1 Å². The topological polar surface area (TPSA) is 217 Å². The first kappa shape index (κ1) is 40.5. The van der Waals surface area contributed by atoms with E-state index in [1.54, 1.807) is 6.92 Å². The number of hydrogen-bond donors (Lipinski definition) is 4. The molecule has 10 atom stereocenters. The molecule has 40 heavy (non-hydrogen) atoms. The third-order valence-corrected chi connectivity index (χ3v) is 6.68. The second kappa shape index (κ2) is 21.3. The van der Waals surface area contributed by atoms with Crippen molar-refractivity contribution in [3.63, 3.8) is 0 Å². The summed E-state index contributed by atoms with van der Waals surface area (Å²) < 4.78 is 33.0. The van der Waals surface area contributed by atoms with Crippen LogP contribution < -0.4 is 69.3 Å².